The van der Waals surface area contributed by atoms with Gasteiger partial charge in [-0.2, -0.15) is 0 Å². The molecule has 4 nitrogen and oxygen atoms in total. The zero-order valence-corrected chi connectivity index (χ0v) is 10.3. The Morgan fingerprint density at radius 2 is 2.06 bits per heavy atom. The standard InChI is InChI=1S/C11H11BrO4/c1-13-7-16-10-6-8(12)2-3-9(10)11-14-4-5-15-11/h2-6,11H,7H2,1H3. The maximum absolute atomic E-state index is 5.44. The van der Waals surface area contributed by atoms with Crippen molar-refractivity contribution in [3.05, 3.63) is 40.8 Å². The summed E-state index contributed by atoms with van der Waals surface area (Å²) < 4.78 is 21.8. The van der Waals surface area contributed by atoms with Gasteiger partial charge in [0.15, 0.2) is 6.79 Å². The van der Waals surface area contributed by atoms with E-state index in [1.165, 1.54) is 12.5 Å². The molecule has 0 N–H and O–H groups in total. The van der Waals surface area contributed by atoms with Crippen LogP contribution in [0.3, 0.4) is 0 Å². The first-order valence-corrected chi connectivity index (χ1v) is 5.47. The number of rotatable bonds is 4. The van der Waals surface area contributed by atoms with Gasteiger partial charge in [-0.05, 0) is 18.2 Å². The average Bonchev–Trinajstić information content (AvgIpc) is 2.80. The fraction of sp³-hybridized carbons (Fsp3) is 0.273. The van der Waals surface area contributed by atoms with Gasteiger partial charge in [0.05, 0.1) is 5.56 Å². The Bertz CT molecular complexity index is 384. The molecule has 1 aromatic carbocycles. The van der Waals surface area contributed by atoms with E-state index in [0.717, 1.165) is 10.0 Å². The SMILES string of the molecule is COCOc1cc(Br)ccc1C1OC=CO1. The van der Waals surface area contributed by atoms with Crippen LogP contribution in [-0.2, 0) is 14.2 Å². The van der Waals surface area contributed by atoms with Crippen LogP contribution >= 0.6 is 15.9 Å². The summed E-state index contributed by atoms with van der Waals surface area (Å²) >= 11 is 3.38. The molecule has 0 bridgehead atoms. The van der Waals surface area contributed by atoms with Gasteiger partial charge < -0.3 is 18.9 Å². The highest BCUT2D eigenvalue weighted by molar-refractivity contribution is 9.10. The molecule has 0 aliphatic carbocycles. The smallest absolute Gasteiger partial charge is 0.269 e. The average molecular weight is 287 g/mol. The molecular formula is C11H11BrO4. The van der Waals surface area contributed by atoms with E-state index in [0.29, 0.717) is 5.75 Å². The van der Waals surface area contributed by atoms with Gasteiger partial charge in [-0.3, -0.25) is 0 Å². The first kappa shape index (κ1) is 11.3. The zero-order valence-electron chi connectivity index (χ0n) is 8.68. The summed E-state index contributed by atoms with van der Waals surface area (Å²) in [6, 6.07) is 5.63. The van der Waals surface area contributed by atoms with Crippen LogP contribution in [0.2, 0.25) is 0 Å². The predicted molar refractivity (Wildman–Crippen MR) is 60.7 cm³/mol. The van der Waals surface area contributed by atoms with Crippen molar-refractivity contribution in [3.8, 4) is 5.75 Å². The molecule has 0 fully saturated rings. The van der Waals surface area contributed by atoms with Gasteiger partial charge in [0, 0.05) is 11.6 Å². The molecule has 0 atom stereocenters. The second-order valence-electron chi connectivity index (χ2n) is 3.11. The van der Waals surface area contributed by atoms with Crippen molar-refractivity contribution in [1.82, 2.24) is 0 Å². The third kappa shape index (κ3) is 2.48. The molecule has 2 rings (SSSR count). The van der Waals surface area contributed by atoms with Gasteiger partial charge >= 0.3 is 0 Å². The second kappa shape index (κ2) is 5.23. The van der Waals surface area contributed by atoms with Gasteiger partial charge in [-0.1, -0.05) is 15.9 Å². The van der Waals surface area contributed by atoms with Crippen molar-refractivity contribution < 1.29 is 18.9 Å². The maximum atomic E-state index is 5.44. The summed E-state index contributed by atoms with van der Waals surface area (Å²) in [6.45, 7) is 0.184. The van der Waals surface area contributed by atoms with Crippen LogP contribution in [0, 0.1) is 0 Å². The number of ether oxygens (including phenoxy) is 4. The van der Waals surface area contributed by atoms with Crippen molar-refractivity contribution >= 4 is 15.9 Å². The fourth-order valence-electron chi connectivity index (χ4n) is 1.34. The molecule has 0 saturated carbocycles. The Kier molecular flexibility index (Phi) is 3.69. The summed E-state index contributed by atoms with van der Waals surface area (Å²) in [5.74, 6) is 0.671. The first-order chi connectivity index (χ1) is 7.81. The van der Waals surface area contributed by atoms with E-state index in [9.17, 15) is 0 Å². The minimum absolute atomic E-state index is 0.184. The van der Waals surface area contributed by atoms with Crippen molar-refractivity contribution in [3.63, 3.8) is 0 Å². The number of methoxy groups -OCH3 is 1. The van der Waals surface area contributed by atoms with Crippen LogP contribution in [0.5, 0.6) is 5.75 Å². The predicted octanol–water partition coefficient (Wildman–Crippen LogP) is 2.95. The molecular weight excluding hydrogens is 276 g/mol. The van der Waals surface area contributed by atoms with E-state index in [-0.39, 0.29) is 6.79 Å². The number of hydrogen-bond acceptors (Lipinski definition) is 4. The molecule has 1 aliphatic rings. The lowest BCUT2D eigenvalue weighted by molar-refractivity contribution is -0.0291. The highest BCUT2D eigenvalue weighted by atomic mass is 79.9. The molecule has 0 spiro atoms. The summed E-state index contributed by atoms with van der Waals surface area (Å²) in [5.41, 5.74) is 0.824. The third-order valence-electron chi connectivity index (χ3n) is 2.02. The number of hydrogen-bond donors (Lipinski definition) is 0. The lowest BCUT2D eigenvalue weighted by Gasteiger charge is -2.15. The van der Waals surface area contributed by atoms with Crippen LogP contribution < -0.4 is 4.74 Å². The molecule has 0 radical (unpaired) electrons. The summed E-state index contributed by atoms with van der Waals surface area (Å²) in [6.07, 6.45) is 2.57. The van der Waals surface area contributed by atoms with Crippen molar-refractivity contribution in [2.45, 2.75) is 6.29 Å². The van der Waals surface area contributed by atoms with E-state index in [1.807, 2.05) is 18.2 Å². The van der Waals surface area contributed by atoms with E-state index < -0.39 is 6.29 Å². The topological polar surface area (TPSA) is 36.9 Å². The number of halogens is 1. The molecule has 1 heterocycles. The molecule has 16 heavy (non-hydrogen) atoms. The Balaban J connectivity index is 2.21. The van der Waals surface area contributed by atoms with E-state index in [1.54, 1.807) is 7.11 Å². The lowest BCUT2D eigenvalue weighted by atomic mass is 10.2. The minimum atomic E-state index is -0.444. The molecule has 0 aromatic heterocycles. The molecule has 86 valence electrons. The number of benzene rings is 1. The molecule has 5 heteroatoms. The summed E-state index contributed by atoms with van der Waals surface area (Å²) in [5, 5.41) is 0. The highest BCUT2D eigenvalue weighted by Gasteiger charge is 2.20. The summed E-state index contributed by atoms with van der Waals surface area (Å²) in [7, 11) is 1.57. The van der Waals surface area contributed by atoms with E-state index in [2.05, 4.69) is 15.9 Å². The third-order valence-corrected chi connectivity index (χ3v) is 2.51. The van der Waals surface area contributed by atoms with Gasteiger partial charge in [0.1, 0.15) is 18.3 Å². The quantitative estimate of drug-likeness (QED) is 0.798. The molecule has 1 aliphatic heterocycles. The Hall–Kier alpha value is -1.20. The second-order valence-corrected chi connectivity index (χ2v) is 4.02. The normalized spacial score (nSPS) is 14.6. The fourth-order valence-corrected chi connectivity index (χ4v) is 1.68. The van der Waals surface area contributed by atoms with Gasteiger partial charge in [-0.15, -0.1) is 0 Å². The molecule has 0 amide bonds. The van der Waals surface area contributed by atoms with Crippen LogP contribution in [-0.4, -0.2) is 13.9 Å². The van der Waals surface area contributed by atoms with E-state index in [4.69, 9.17) is 18.9 Å². The first-order valence-electron chi connectivity index (χ1n) is 4.68. The van der Waals surface area contributed by atoms with E-state index >= 15 is 0 Å². The Morgan fingerprint density at radius 3 is 2.75 bits per heavy atom. The largest absolute Gasteiger partial charge is 0.467 e. The van der Waals surface area contributed by atoms with Gasteiger partial charge in [0.25, 0.3) is 6.29 Å². The van der Waals surface area contributed by atoms with Crippen LogP contribution in [0.25, 0.3) is 0 Å². The lowest BCUT2D eigenvalue weighted by Crippen LogP contribution is -2.05. The minimum Gasteiger partial charge on any atom is -0.467 e. The molecule has 0 unspecified atom stereocenters. The monoisotopic (exact) mass is 286 g/mol. The highest BCUT2D eigenvalue weighted by Crippen LogP contribution is 2.33. The van der Waals surface area contributed by atoms with Crippen LogP contribution in [0.1, 0.15) is 11.9 Å². The zero-order chi connectivity index (χ0) is 11.4. The maximum Gasteiger partial charge on any atom is 0.269 e. The Labute approximate surface area is 102 Å². The molecule has 1 aromatic rings. The van der Waals surface area contributed by atoms with Crippen LogP contribution in [0.4, 0.5) is 0 Å². The van der Waals surface area contributed by atoms with Gasteiger partial charge in [-0.25, -0.2) is 0 Å². The summed E-state index contributed by atoms with van der Waals surface area (Å²) in [4.78, 5) is 0. The van der Waals surface area contributed by atoms with Gasteiger partial charge in [0.2, 0.25) is 0 Å². The van der Waals surface area contributed by atoms with Crippen molar-refractivity contribution in [1.29, 1.82) is 0 Å². The van der Waals surface area contributed by atoms with Crippen molar-refractivity contribution in [2.24, 2.45) is 0 Å². The Morgan fingerprint density at radius 1 is 1.31 bits per heavy atom. The van der Waals surface area contributed by atoms with Crippen LogP contribution in [0.15, 0.2) is 35.2 Å². The van der Waals surface area contributed by atoms with Crippen molar-refractivity contribution in [2.75, 3.05) is 13.9 Å². The molecule has 0 saturated heterocycles.